The third-order valence-corrected chi connectivity index (χ3v) is 5.29. The second-order valence-electron chi connectivity index (χ2n) is 8.18. The van der Waals surface area contributed by atoms with E-state index in [4.69, 9.17) is 4.74 Å². The molecule has 0 aliphatic rings. The first-order valence-corrected chi connectivity index (χ1v) is 9.91. The molecule has 0 amide bonds. The molecule has 170 valence electrons. The first kappa shape index (κ1) is 22.2. The highest BCUT2D eigenvalue weighted by Gasteiger charge is 2.23. The van der Waals surface area contributed by atoms with E-state index in [9.17, 15) is 28.6 Å². The van der Waals surface area contributed by atoms with Crippen LogP contribution in [-0.2, 0) is 12.6 Å². The fourth-order valence-electron chi connectivity index (χ4n) is 3.55. The Balaban J connectivity index is 2.01. The van der Waals surface area contributed by atoms with E-state index in [0.29, 0.717) is 28.1 Å². The van der Waals surface area contributed by atoms with E-state index in [1.165, 1.54) is 29.9 Å². The van der Waals surface area contributed by atoms with Gasteiger partial charge in [0.15, 0.2) is 11.6 Å². The lowest BCUT2D eigenvalue weighted by atomic mass is 9.93. The van der Waals surface area contributed by atoms with Gasteiger partial charge in [0.05, 0.1) is 5.60 Å². The summed E-state index contributed by atoms with van der Waals surface area (Å²) in [6.45, 7) is 3.17. The predicted molar refractivity (Wildman–Crippen MR) is 118 cm³/mol. The standard InChI is InChI=1S/C24H20F2N2O5/c1-24(2,32)12-4-6-19(33-20-7-5-13(25)9-17(20)26)14(8-12)16-11-28(3)22(29)21-15(16)10-18(27-21)23(30)31/h4-11,27,32H,1-3H3,(H,30,31). The number of fused-ring (bicyclic) bond motifs is 1. The normalized spacial score (nSPS) is 11.7. The van der Waals surface area contributed by atoms with Crippen LogP contribution in [0.2, 0.25) is 0 Å². The van der Waals surface area contributed by atoms with Gasteiger partial charge in [-0.2, -0.15) is 0 Å². The number of pyridine rings is 1. The number of nitrogens with zero attached hydrogens (tertiary/aromatic N) is 1. The van der Waals surface area contributed by atoms with E-state index in [0.717, 1.165) is 12.1 Å². The maximum Gasteiger partial charge on any atom is 0.352 e. The maximum absolute atomic E-state index is 14.3. The van der Waals surface area contributed by atoms with Gasteiger partial charge in [-0.15, -0.1) is 0 Å². The highest BCUT2D eigenvalue weighted by atomic mass is 19.1. The van der Waals surface area contributed by atoms with E-state index in [2.05, 4.69) is 4.98 Å². The molecule has 0 radical (unpaired) electrons. The van der Waals surface area contributed by atoms with Crippen molar-refractivity contribution in [2.45, 2.75) is 19.4 Å². The van der Waals surface area contributed by atoms with Gasteiger partial charge in [0.2, 0.25) is 0 Å². The van der Waals surface area contributed by atoms with Gasteiger partial charge in [-0.25, -0.2) is 13.6 Å². The fraction of sp³-hybridized carbons (Fsp3) is 0.167. The fourth-order valence-corrected chi connectivity index (χ4v) is 3.55. The number of carbonyl (C=O) groups is 1. The number of aryl methyl sites for hydroxylation is 1. The Hall–Kier alpha value is -3.98. The Labute approximate surface area is 186 Å². The summed E-state index contributed by atoms with van der Waals surface area (Å²) in [4.78, 5) is 26.7. The molecule has 0 aliphatic carbocycles. The zero-order valence-corrected chi connectivity index (χ0v) is 17.9. The predicted octanol–water partition coefficient (Wildman–Crippen LogP) is 4.53. The lowest BCUT2D eigenvalue weighted by Gasteiger charge is -2.21. The number of rotatable bonds is 5. The van der Waals surface area contributed by atoms with Crippen LogP contribution < -0.4 is 10.3 Å². The zero-order valence-electron chi connectivity index (χ0n) is 17.9. The Morgan fingerprint density at radius 1 is 1.06 bits per heavy atom. The van der Waals surface area contributed by atoms with E-state index in [1.807, 2.05) is 0 Å². The molecule has 0 bridgehead atoms. The lowest BCUT2D eigenvalue weighted by molar-refractivity contribution is 0.0691. The third kappa shape index (κ3) is 4.10. The van der Waals surface area contributed by atoms with Gasteiger partial charge in [0, 0.05) is 35.8 Å². The van der Waals surface area contributed by atoms with Crippen LogP contribution in [0.4, 0.5) is 8.78 Å². The molecule has 2 heterocycles. The minimum atomic E-state index is -1.24. The summed E-state index contributed by atoms with van der Waals surface area (Å²) in [6, 6.07) is 8.95. The average Bonchev–Trinajstić information content (AvgIpc) is 3.18. The molecule has 4 aromatic rings. The number of aliphatic hydroxyl groups is 1. The van der Waals surface area contributed by atoms with Crippen LogP contribution in [0.1, 0.15) is 29.9 Å². The number of hydrogen-bond donors (Lipinski definition) is 3. The molecule has 0 saturated carbocycles. The van der Waals surface area contributed by atoms with Crippen LogP contribution in [0.25, 0.3) is 22.0 Å². The number of benzene rings is 2. The molecule has 7 nitrogen and oxygen atoms in total. The van der Waals surface area contributed by atoms with Gasteiger partial charge in [0.1, 0.15) is 22.8 Å². The van der Waals surface area contributed by atoms with Crippen LogP contribution in [0.3, 0.4) is 0 Å². The van der Waals surface area contributed by atoms with Gasteiger partial charge in [-0.3, -0.25) is 4.79 Å². The molecule has 0 fully saturated rings. The van der Waals surface area contributed by atoms with Gasteiger partial charge >= 0.3 is 5.97 Å². The first-order chi connectivity index (χ1) is 15.5. The van der Waals surface area contributed by atoms with Crippen molar-refractivity contribution in [3.05, 3.63) is 81.9 Å². The average molecular weight is 454 g/mol. The van der Waals surface area contributed by atoms with E-state index in [1.54, 1.807) is 26.0 Å². The van der Waals surface area contributed by atoms with Gasteiger partial charge < -0.3 is 24.5 Å². The smallest absolute Gasteiger partial charge is 0.352 e. The number of ether oxygens (including phenoxy) is 1. The number of aromatic carboxylic acids is 1. The number of H-pyrrole nitrogens is 1. The third-order valence-electron chi connectivity index (χ3n) is 5.29. The van der Waals surface area contributed by atoms with Crippen molar-refractivity contribution in [2.75, 3.05) is 0 Å². The number of hydrogen-bond acceptors (Lipinski definition) is 4. The summed E-state index contributed by atoms with van der Waals surface area (Å²) < 4.78 is 34.6. The van der Waals surface area contributed by atoms with Crippen molar-refractivity contribution < 1.29 is 28.5 Å². The molecule has 33 heavy (non-hydrogen) atoms. The molecule has 0 spiro atoms. The van der Waals surface area contributed by atoms with Crippen molar-refractivity contribution in [1.82, 2.24) is 9.55 Å². The second kappa shape index (κ2) is 7.86. The topological polar surface area (TPSA) is 105 Å². The lowest BCUT2D eigenvalue weighted by Crippen LogP contribution is -2.17. The molecule has 9 heteroatoms. The SMILES string of the molecule is Cn1cc(-c2cc(C(C)(C)O)ccc2Oc2ccc(F)cc2F)c2cc(C(=O)O)[nH]c2c1=O. The Morgan fingerprint density at radius 2 is 1.76 bits per heavy atom. The summed E-state index contributed by atoms with van der Waals surface area (Å²) in [5.41, 5.74) is -0.500. The molecule has 2 aromatic heterocycles. The van der Waals surface area contributed by atoms with Crippen molar-refractivity contribution in [3.8, 4) is 22.6 Å². The quantitative estimate of drug-likeness (QED) is 0.411. The van der Waals surface area contributed by atoms with Gasteiger partial charge in [-0.1, -0.05) is 6.07 Å². The zero-order chi connectivity index (χ0) is 24.1. The number of halogens is 2. The number of nitrogens with one attached hydrogen (secondary N) is 1. The summed E-state index contributed by atoms with van der Waals surface area (Å²) in [6.07, 6.45) is 1.50. The van der Waals surface area contributed by atoms with E-state index < -0.39 is 28.8 Å². The molecule has 0 atom stereocenters. The molecule has 0 aliphatic heterocycles. The Morgan fingerprint density at radius 3 is 2.39 bits per heavy atom. The molecule has 0 saturated heterocycles. The Bertz CT molecular complexity index is 1460. The van der Waals surface area contributed by atoms with Gasteiger partial charge in [0.25, 0.3) is 5.56 Å². The summed E-state index contributed by atoms with van der Waals surface area (Å²) in [5.74, 6) is -2.98. The minimum absolute atomic E-state index is 0.0694. The van der Waals surface area contributed by atoms with Crippen LogP contribution in [0.15, 0.2) is 53.5 Å². The largest absolute Gasteiger partial charge is 0.477 e. The molecular formula is C24H20F2N2O5. The molecule has 2 aromatic carbocycles. The highest BCUT2D eigenvalue weighted by Crippen LogP contribution is 2.39. The van der Waals surface area contributed by atoms with Crippen LogP contribution in [0, 0.1) is 11.6 Å². The Kier molecular flexibility index (Phi) is 5.29. The highest BCUT2D eigenvalue weighted by molar-refractivity contribution is 6.01. The van der Waals surface area contributed by atoms with E-state index >= 15 is 0 Å². The number of aromatic nitrogens is 2. The summed E-state index contributed by atoms with van der Waals surface area (Å²) in [7, 11) is 1.51. The van der Waals surface area contributed by atoms with Crippen molar-refractivity contribution >= 4 is 16.9 Å². The first-order valence-electron chi connectivity index (χ1n) is 9.91. The molecular weight excluding hydrogens is 434 g/mol. The minimum Gasteiger partial charge on any atom is -0.477 e. The molecule has 0 unspecified atom stereocenters. The molecule has 3 N–H and O–H groups in total. The number of aromatic amines is 1. The summed E-state index contributed by atoms with van der Waals surface area (Å²) in [5, 5.41) is 20.2. The van der Waals surface area contributed by atoms with E-state index in [-0.39, 0.29) is 22.7 Å². The van der Waals surface area contributed by atoms with Gasteiger partial charge in [-0.05, 0) is 49.7 Å². The maximum atomic E-state index is 14.3. The summed E-state index contributed by atoms with van der Waals surface area (Å²) >= 11 is 0. The van der Waals surface area contributed by atoms with Crippen LogP contribution in [-0.4, -0.2) is 25.7 Å². The number of carboxylic acid groups (broad SMARTS) is 1. The van der Waals surface area contributed by atoms with Crippen molar-refractivity contribution in [3.63, 3.8) is 0 Å². The van der Waals surface area contributed by atoms with Crippen LogP contribution >= 0.6 is 0 Å². The van der Waals surface area contributed by atoms with Crippen molar-refractivity contribution in [2.24, 2.45) is 7.05 Å². The van der Waals surface area contributed by atoms with Crippen molar-refractivity contribution in [1.29, 1.82) is 0 Å². The monoisotopic (exact) mass is 454 g/mol. The second-order valence-corrected chi connectivity index (χ2v) is 8.18. The molecule has 4 rings (SSSR count). The number of carboxylic acids is 1. The van der Waals surface area contributed by atoms with Crippen LogP contribution in [0.5, 0.6) is 11.5 Å².